The Hall–Kier alpha value is -0.900. The summed E-state index contributed by atoms with van der Waals surface area (Å²) in [6.45, 7) is 5.80. The van der Waals surface area contributed by atoms with Crippen LogP contribution < -0.4 is 0 Å². The van der Waals surface area contributed by atoms with Crippen molar-refractivity contribution in [3.8, 4) is 0 Å². The summed E-state index contributed by atoms with van der Waals surface area (Å²) in [6, 6.07) is 4.84. The van der Waals surface area contributed by atoms with Crippen LogP contribution in [0.3, 0.4) is 0 Å². The molecule has 0 radical (unpaired) electrons. The van der Waals surface area contributed by atoms with Crippen LogP contribution in [0.5, 0.6) is 0 Å². The Labute approximate surface area is 115 Å². The van der Waals surface area contributed by atoms with E-state index in [4.69, 9.17) is 0 Å². The SMILES string of the molecule is CC(C)C1CCN(C(=O)c2cccc(Br)c2F)C1. The number of halogens is 2. The summed E-state index contributed by atoms with van der Waals surface area (Å²) in [4.78, 5) is 14.0. The number of likely N-dealkylation sites (tertiary alicyclic amines) is 1. The van der Waals surface area contributed by atoms with E-state index < -0.39 is 5.82 Å². The van der Waals surface area contributed by atoms with E-state index in [0.717, 1.165) is 19.5 Å². The molecule has 1 amide bonds. The zero-order valence-corrected chi connectivity index (χ0v) is 12.2. The maximum absolute atomic E-state index is 13.9. The van der Waals surface area contributed by atoms with Crippen LogP contribution >= 0.6 is 15.9 Å². The van der Waals surface area contributed by atoms with Crippen molar-refractivity contribution in [2.45, 2.75) is 20.3 Å². The molecule has 1 aromatic carbocycles. The third-order valence-corrected chi connectivity index (χ3v) is 4.25. The normalized spacial score (nSPS) is 19.6. The van der Waals surface area contributed by atoms with Gasteiger partial charge in [-0.05, 0) is 46.3 Å². The zero-order valence-electron chi connectivity index (χ0n) is 10.6. The molecule has 98 valence electrons. The minimum Gasteiger partial charge on any atom is -0.338 e. The lowest BCUT2D eigenvalue weighted by Crippen LogP contribution is -2.30. The lowest BCUT2D eigenvalue weighted by atomic mass is 9.95. The minimum atomic E-state index is -0.463. The molecular formula is C14H17BrFNO. The molecule has 2 nitrogen and oxygen atoms in total. The molecule has 1 heterocycles. The molecule has 1 atom stereocenters. The van der Waals surface area contributed by atoms with E-state index in [0.29, 0.717) is 16.3 Å². The second-order valence-electron chi connectivity index (χ2n) is 5.15. The Bertz CT molecular complexity index is 461. The molecule has 1 aliphatic rings. The Balaban J connectivity index is 2.16. The fraction of sp³-hybridized carbons (Fsp3) is 0.500. The van der Waals surface area contributed by atoms with E-state index in [-0.39, 0.29) is 11.5 Å². The lowest BCUT2D eigenvalue weighted by Gasteiger charge is -2.18. The maximum atomic E-state index is 13.9. The molecule has 0 saturated carbocycles. The molecule has 1 aromatic rings. The second kappa shape index (κ2) is 5.39. The van der Waals surface area contributed by atoms with Gasteiger partial charge in [-0.15, -0.1) is 0 Å². The van der Waals surface area contributed by atoms with Crippen LogP contribution in [0.2, 0.25) is 0 Å². The van der Waals surface area contributed by atoms with Gasteiger partial charge in [0.15, 0.2) is 0 Å². The molecule has 0 N–H and O–H groups in total. The third-order valence-electron chi connectivity index (χ3n) is 3.64. The molecule has 0 aliphatic carbocycles. The highest BCUT2D eigenvalue weighted by Crippen LogP contribution is 2.26. The minimum absolute atomic E-state index is 0.161. The van der Waals surface area contributed by atoms with Gasteiger partial charge in [-0.25, -0.2) is 4.39 Å². The predicted octanol–water partition coefficient (Wildman–Crippen LogP) is 3.71. The first-order valence-corrected chi connectivity index (χ1v) is 7.03. The van der Waals surface area contributed by atoms with Crippen molar-refractivity contribution in [2.75, 3.05) is 13.1 Å². The summed E-state index contributed by atoms with van der Waals surface area (Å²) in [5.41, 5.74) is 0.161. The molecule has 1 aliphatic heterocycles. The number of amides is 1. The first-order valence-electron chi connectivity index (χ1n) is 6.24. The van der Waals surface area contributed by atoms with Gasteiger partial charge in [-0.2, -0.15) is 0 Å². The molecule has 4 heteroatoms. The number of carbonyl (C=O) groups excluding carboxylic acids is 1. The zero-order chi connectivity index (χ0) is 13.3. The van der Waals surface area contributed by atoms with Crippen molar-refractivity contribution in [3.63, 3.8) is 0 Å². The Morgan fingerprint density at radius 1 is 1.50 bits per heavy atom. The van der Waals surface area contributed by atoms with Gasteiger partial charge in [0.25, 0.3) is 5.91 Å². The number of carbonyl (C=O) groups is 1. The average Bonchev–Trinajstić information content (AvgIpc) is 2.81. The van der Waals surface area contributed by atoms with Crippen LogP contribution in [0, 0.1) is 17.7 Å². The van der Waals surface area contributed by atoms with E-state index in [9.17, 15) is 9.18 Å². The molecular weight excluding hydrogens is 297 g/mol. The number of nitrogens with zero attached hydrogens (tertiary/aromatic N) is 1. The fourth-order valence-electron chi connectivity index (χ4n) is 2.36. The molecule has 2 rings (SSSR count). The van der Waals surface area contributed by atoms with Crippen LogP contribution in [0.4, 0.5) is 4.39 Å². The molecule has 0 aromatic heterocycles. The highest BCUT2D eigenvalue weighted by atomic mass is 79.9. The highest BCUT2D eigenvalue weighted by molar-refractivity contribution is 9.10. The van der Waals surface area contributed by atoms with Crippen LogP contribution in [0.1, 0.15) is 30.6 Å². The van der Waals surface area contributed by atoms with Crippen molar-refractivity contribution in [2.24, 2.45) is 11.8 Å². The first-order chi connectivity index (χ1) is 8.50. The molecule has 1 fully saturated rings. The molecule has 0 spiro atoms. The van der Waals surface area contributed by atoms with Crippen LogP contribution in [-0.2, 0) is 0 Å². The average molecular weight is 314 g/mol. The lowest BCUT2D eigenvalue weighted by molar-refractivity contribution is 0.0779. The number of benzene rings is 1. The van der Waals surface area contributed by atoms with Gasteiger partial charge in [-0.3, -0.25) is 4.79 Å². The maximum Gasteiger partial charge on any atom is 0.256 e. The summed E-state index contributed by atoms with van der Waals surface area (Å²) in [6.07, 6.45) is 1.01. The molecule has 1 unspecified atom stereocenters. The monoisotopic (exact) mass is 313 g/mol. The summed E-state index contributed by atoms with van der Waals surface area (Å²) in [5, 5.41) is 0. The van der Waals surface area contributed by atoms with Gasteiger partial charge >= 0.3 is 0 Å². The van der Waals surface area contributed by atoms with Crippen molar-refractivity contribution in [1.82, 2.24) is 4.90 Å². The second-order valence-corrected chi connectivity index (χ2v) is 6.00. The Kier molecular flexibility index (Phi) is 4.05. The van der Waals surface area contributed by atoms with Crippen LogP contribution in [0.15, 0.2) is 22.7 Å². The van der Waals surface area contributed by atoms with Gasteiger partial charge in [0.05, 0.1) is 10.0 Å². The Morgan fingerprint density at radius 3 is 2.83 bits per heavy atom. The van der Waals surface area contributed by atoms with E-state index in [1.54, 1.807) is 23.1 Å². The van der Waals surface area contributed by atoms with Gasteiger partial charge in [0, 0.05) is 13.1 Å². The van der Waals surface area contributed by atoms with Crippen molar-refractivity contribution in [1.29, 1.82) is 0 Å². The summed E-state index contributed by atoms with van der Waals surface area (Å²) >= 11 is 3.11. The quantitative estimate of drug-likeness (QED) is 0.815. The topological polar surface area (TPSA) is 20.3 Å². The van der Waals surface area contributed by atoms with Gasteiger partial charge in [0.1, 0.15) is 5.82 Å². The van der Waals surface area contributed by atoms with Crippen molar-refractivity contribution in [3.05, 3.63) is 34.1 Å². The van der Waals surface area contributed by atoms with E-state index >= 15 is 0 Å². The standard InChI is InChI=1S/C14H17BrFNO/c1-9(2)10-6-7-17(8-10)14(18)11-4-3-5-12(15)13(11)16/h3-5,9-10H,6-8H2,1-2H3. The van der Waals surface area contributed by atoms with Gasteiger partial charge < -0.3 is 4.90 Å². The van der Waals surface area contributed by atoms with Crippen molar-refractivity contribution < 1.29 is 9.18 Å². The van der Waals surface area contributed by atoms with Crippen LogP contribution in [-0.4, -0.2) is 23.9 Å². The number of hydrogen-bond acceptors (Lipinski definition) is 1. The van der Waals surface area contributed by atoms with E-state index in [1.165, 1.54) is 0 Å². The smallest absolute Gasteiger partial charge is 0.256 e. The number of rotatable bonds is 2. The summed E-state index contributed by atoms with van der Waals surface area (Å²) in [7, 11) is 0. The summed E-state index contributed by atoms with van der Waals surface area (Å²) in [5.74, 6) is 0.437. The molecule has 18 heavy (non-hydrogen) atoms. The van der Waals surface area contributed by atoms with E-state index in [2.05, 4.69) is 29.8 Å². The highest BCUT2D eigenvalue weighted by Gasteiger charge is 2.29. The Morgan fingerprint density at radius 2 is 2.22 bits per heavy atom. The van der Waals surface area contributed by atoms with E-state index in [1.807, 2.05) is 0 Å². The molecule has 0 bridgehead atoms. The fourth-order valence-corrected chi connectivity index (χ4v) is 2.72. The predicted molar refractivity (Wildman–Crippen MR) is 72.9 cm³/mol. The van der Waals surface area contributed by atoms with Gasteiger partial charge in [0.2, 0.25) is 0 Å². The summed E-state index contributed by atoms with van der Waals surface area (Å²) < 4.78 is 14.2. The first kappa shape index (κ1) is 13.5. The largest absolute Gasteiger partial charge is 0.338 e. The third kappa shape index (κ3) is 2.58. The van der Waals surface area contributed by atoms with Crippen LogP contribution in [0.25, 0.3) is 0 Å². The van der Waals surface area contributed by atoms with Gasteiger partial charge in [-0.1, -0.05) is 19.9 Å². The number of hydrogen-bond donors (Lipinski definition) is 0. The van der Waals surface area contributed by atoms with Crippen molar-refractivity contribution >= 4 is 21.8 Å². The molecule has 1 saturated heterocycles.